The number of hydrogen-bond donors (Lipinski definition) is 0. The lowest BCUT2D eigenvalue weighted by Gasteiger charge is -2.15. The molecule has 6 nitrogen and oxygen atoms in total. The third-order valence-corrected chi connectivity index (χ3v) is 3.71. The molecule has 0 radical (unpaired) electrons. The lowest BCUT2D eigenvalue weighted by molar-refractivity contribution is 0.160. The third kappa shape index (κ3) is 2.71. The zero-order valence-electron chi connectivity index (χ0n) is 11.6. The van der Waals surface area contributed by atoms with Gasteiger partial charge in [-0.3, -0.25) is 4.98 Å². The molecule has 0 amide bonds. The monoisotopic (exact) mass is 273 g/mol. The van der Waals surface area contributed by atoms with E-state index >= 15 is 0 Å². The fourth-order valence-corrected chi connectivity index (χ4v) is 2.67. The number of rotatable bonds is 5. The molecule has 0 N–H and O–H groups in total. The van der Waals surface area contributed by atoms with Crippen LogP contribution < -0.4 is 0 Å². The summed E-state index contributed by atoms with van der Waals surface area (Å²) in [5.74, 6) is 1.45. The summed E-state index contributed by atoms with van der Waals surface area (Å²) in [4.78, 5) is 11.0. The Kier molecular flexibility index (Phi) is 4.03. The number of pyridine rings is 1. The largest absolute Gasteiger partial charge is 0.383 e. The van der Waals surface area contributed by atoms with Gasteiger partial charge in [0.25, 0.3) is 0 Å². The van der Waals surface area contributed by atoms with Gasteiger partial charge in [-0.1, -0.05) is 0 Å². The average molecular weight is 273 g/mol. The van der Waals surface area contributed by atoms with Gasteiger partial charge in [-0.25, -0.2) is 9.67 Å². The van der Waals surface area contributed by atoms with Crippen molar-refractivity contribution in [1.82, 2.24) is 24.6 Å². The molecule has 1 aliphatic rings. The molecule has 0 spiro atoms. The first-order valence-electron chi connectivity index (χ1n) is 6.90. The highest BCUT2D eigenvalue weighted by atomic mass is 16.5. The molecule has 2 aromatic rings. The van der Waals surface area contributed by atoms with Crippen LogP contribution in [0.5, 0.6) is 0 Å². The SMILES string of the molecule is COCCN1CC[C@H](c2ncnn2-c2cccnc2)C1. The van der Waals surface area contributed by atoms with Crippen molar-refractivity contribution in [2.45, 2.75) is 12.3 Å². The number of methoxy groups -OCH3 is 1. The van der Waals surface area contributed by atoms with E-state index in [0.717, 1.165) is 44.2 Å². The third-order valence-electron chi connectivity index (χ3n) is 3.71. The minimum Gasteiger partial charge on any atom is -0.383 e. The fourth-order valence-electron chi connectivity index (χ4n) is 2.67. The van der Waals surface area contributed by atoms with Gasteiger partial charge in [-0.2, -0.15) is 5.10 Å². The van der Waals surface area contributed by atoms with E-state index in [9.17, 15) is 0 Å². The van der Waals surface area contributed by atoms with Crippen LogP contribution in [-0.2, 0) is 4.74 Å². The summed E-state index contributed by atoms with van der Waals surface area (Å²) in [6.07, 6.45) is 6.32. The van der Waals surface area contributed by atoms with E-state index in [1.54, 1.807) is 19.6 Å². The highest BCUT2D eigenvalue weighted by Gasteiger charge is 2.27. The van der Waals surface area contributed by atoms with E-state index in [0.29, 0.717) is 5.92 Å². The molecular weight excluding hydrogens is 254 g/mol. The summed E-state index contributed by atoms with van der Waals surface area (Å²) in [6.45, 7) is 3.87. The Labute approximate surface area is 118 Å². The maximum Gasteiger partial charge on any atom is 0.138 e. The van der Waals surface area contributed by atoms with Crippen molar-refractivity contribution >= 4 is 0 Å². The fraction of sp³-hybridized carbons (Fsp3) is 0.500. The Balaban J connectivity index is 1.75. The Bertz CT molecular complexity index is 542. The molecule has 1 saturated heterocycles. The van der Waals surface area contributed by atoms with Crippen molar-refractivity contribution in [1.29, 1.82) is 0 Å². The Morgan fingerprint density at radius 3 is 3.20 bits per heavy atom. The maximum atomic E-state index is 5.14. The Morgan fingerprint density at radius 2 is 2.40 bits per heavy atom. The molecule has 6 heteroatoms. The summed E-state index contributed by atoms with van der Waals surface area (Å²) in [5, 5.41) is 4.34. The van der Waals surface area contributed by atoms with Crippen LogP contribution in [0.15, 0.2) is 30.9 Å². The van der Waals surface area contributed by atoms with E-state index in [-0.39, 0.29) is 0 Å². The molecule has 0 aliphatic carbocycles. The second-order valence-electron chi connectivity index (χ2n) is 5.02. The smallest absolute Gasteiger partial charge is 0.138 e. The quantitative estimate of drug-likeness (QED) is 0.816. The van der Waals surface area contributed by atoms with E-state index in [2.05, 4.69) is 20.0 Å². The minimum atomic E-state index is 0.426. The van der Waals surface area contributed by atoms with Gasteiger partial charge in [0.2, 0.25) is 0 Å². The van der Waals surface area contributed by atoms with Crippen molar-refractivity contribution in [3.8, 4) is 5.69 Å². The number of nitrogens with zero attached hydrogens (tertiary/aromatic N) is 5. The normalized spacial score (nSPS) is 19.6. The van der Waals surface area contributed by atoms with Gasteiger partial charge >= 0.3 is 0 Å². The van der Waals surface area contributed by atoms with Crippen LogP contribution >= 0.6 is 0 Å². The van der Waals surface area contributed by atoms with Crippen molar-refractivity contribution in [2.75, 3.05) is 33.4 Å². The first kappa shape index (κ1) is 13.2. The first-order chi connectivity index (χ1) is 9.88. The summed E-state index contributed by atoms with van der Waals surface area (Å²) in [7, 11) is 1.74. The highest BCUT2D eigenvalue weighted by molar-refractivity contribution is 5.28. The molecule has 106 valence electrons. The Hall–Kier alpha value is -1.79. The molecule has 3 rings (SSSR count). The van der Waals surface area contributed by atoms with Gasteiger partial charge in [0.1, 0.15) is 12.2 Å². The zero-order chi connectivity index (χ0) is 13.8. The standard InChI is InChI=1S/C14H19N5O/c1-20-8-7-18-6-4-12(10-18)14-16-11-17-19(14)13-3-2-5-15-9-13/h2-3,5,9,11-12H,4,6-8,10H2,1H3/t12-/m0/s1. The van der Waals surface area contributed by atoms with Gasteiger partial charge in [0.05, 0.1) is 18.5 Å². The molecular formula is C14H19N5O. The van der Waals surface area contributed by atoms with Crippen molar-refractivity contribution in [3.63, 3.8) is 0 Å². The van der Waals surface area contributed by atoms with Crippen LogP contribution in [0.2, 0.25) is 0 Å². The second-order valence-corrected chi connectivity index (χ2v) is 5.02. The number of ether oxygens (including phenoxy) is 1. The highest BCUT2D eigenvalue weighted by Crippen LogP contribution is 2.26. The molecule has 3 heterocycles. The van der Waals surface area contributed by atoms with Crippen LogP contribution in [-0.4, -0.2) is 58.0 Å². The van der Waals surface area contributed by atoms with Crippen LogP contribution in [0.4, 0.5) is 0 Å². The molecule has 2 aromatic heterocycles. The lowest BCUT2D eigenvalue weighted by atomic mass is 10.1. The molecule has 0 aromatic carbocycles. The minimum absolute atomic E-state index is 0.426. The van der Waals surface area contributed by atoms with E-state index in [4.69, 9.17) is 4.74 Å². The molecule has 1 fully saturated rings. The van der Waals surface area contributed by atoms with Crippen molar-refractivity contribution < 1.29 is 4.74 Å². The maximum absolute atomic E-state index is 5.14. The average Bonchev–Trinajstić information content (AvgIpc) is 3.14. The number of hydrogen-bond acceptors (Lipinski definition) is 5. The molecule has 20 heavy (non-hydrogen) atoms. The molecule has 1 aliphatic heterocycles. The van der Waals surface area contributed by atoms with Gasteiger partial charge in [0.15, 0.2) is 0 Å². The van der Waals surface area contributed by atoms with E-state index in [1.807, 2.05) is 23.0 Å². The summed E-state index contributed by atoms with van der Waals surface area (Å²) in [5.41, 5.74) is 0.968. The van der Waals surface area contributed by atoms with E-state index in [1.165, 1.54) is 0 Å². The molecule has 0 saturated carbocycles. The lowest BCUT2D eigenvalue weighted by Crippen LogP contribution is -2.25. The predicted molar refractivity (Wildman–Crippen MR) is 74.8 cm³/mol. The first-order valence-corrected chi connectivity index (χ1v) is 6.90. The van der Waals surface area contributed by atoms with Crippen molar-refractivity contribution in [2.24, 2.45) is 0 Å². The van der Waals surface area contributed by atoms with Gasteiger partial charge < -0.3 is 9.64 Å². The molecule has 1 atom stereocenters. The van der Waals surface area contributed by atoms with Crippen LogP contribution in [0, 0.1) is 0 Å². The zero-order valence-corrected chi connectivity index (χ0v) is 11.6. The van der Waals surface area contributed by atoms with Gasteiger partial charge in [-0.05, 0) is 25.1 Å². The van der Waals surface area contributed by atoms with E-state index < -0.39 is 0 Å². The predicted octanol–water partition coefficient (Wildman–Crippen LogP) is 1.10. The topological polar surface area (TPSA) is 56.1 Å². The van der Waals surface area contributed by atoms with Crippen LogP contribution in [0.1, 0.15) is 18.2 Å². The molecule has 0 unspecified atom stereocenters. The second kappa shape index (κ2) is 6.11. The summed E-state index contributed by atoms with van der Waals surface area (Å²) < 4.78 is 7.04. The number of aromatic nitrogens is 4. The van der Waals surface area contributed by atoms with Crippen LogP contribution in [0.3, 0.4) is 0 Å². The molecule has 0 bridgehead atoms. The summed E-state index contributed by atoms with van der Waals surface area (Å²) in [6, 6.07) is 3.92. The van der Waals surface area contributed by atoms with Gasteiger partial charge in [-0.15, -0.1) is 0 Å². The van der Waals surface area contributed by atoms with Crippen LogP contribution in [0.25, 0.3) is 5.69 Å². The van der Waals surface area contributed by atoms with Crippen molar-refractivity contribution in [3.05, 3.63) is 36.7 Å². The van der Waals surface area contributed by atoms with Gasteiger partial charge in [0, 0.05) is 32.3 Å². The Morgan fingerprint density at radius 1 is 1.45 bits per heavy atom. The summed E-state index contributed by atoms with van der Waals surface area (Å²) >= 11 is 0. The number of likely N-dealkylation sites (tertiary alicyclic amines) is 1.